The Balaban J connectivity index is 3.54. The minimum absolute atomic E-state index is 0.332. The molecule has 0 aromatic heterocycles. The lowest BCUT2D eigenvalue weighted by Gasteiger charge is -2.10. The summed E-state index contributed by atoms with van der Waals surface area (Å²) in [6.07, 6.45) is 3.04. The van der Waals surface area contributed by atoms with Gasteiger partial charge in [0.25, 0.3) is 6.26 Å². The van der Waals surface area contributed by atoms with E-state index in [0.29, 0.717) is 11.4 Å². The van der Waals surface area contributed by atoms with Gasteiger partial charge in [-0.25, -0.2) is 4.79 Å². The minimum atomic E-state index is 0.332. The molecule has 0 spiro atoms. The number of hydrogen-bond acceptors (Lipinski definition) is 4. The predicted molar refractivity (Wildman–Crippen MR) is 54.7 cm³/mol. The summed E-state index contributed by atoms with van der Waals surface area (Å²) in [6.45, 7) is 5.51. The average molecular weight is 202 g/mol. The predicted octanol–water partition coefficient (Wildman–Crippen LogP) is 2.44. The Morgan fingerprint density at radius 3 is 2.53 bits per heavy atom. The highest BCUT2D eigenvalue weighted by atomic mass is 16.5. The summed E-state index contributed by atoms with van der Waals surface area (Å²) >= 11 is 0. The molecule has 0 saturated carbocycles. The van der Waals surface area contributed by atoms with Crippen molar-refractivity contribution in [3.8, 4) is 12.0 Å². The van der Waals surface area contributed by atoms with Crippen molar-refractivity contribution in [1.82, 2.24) is 0 Å². The van der Waals surface area contributed by atoms with Crippen LogP contribution in [0.5, 0.6) is 5.75 Å². The van der Waals surface area contributed by atoms with Gasteiger partial charge in [0, 0.05) is 0 Å². The number of carbonyl (C=O) groups excluding carboxylic acids is 1. The molecule has 0 fully saturated rings. The number of aryl methyl sites for hydroxylation is 2. The Hall–Kier alpha value is -2.11. The topological polar surface area (TPSA) is 62.4 Å². The van der Waals surface area contributed by atoms with Crippen LogP contribution in [0.2, 0.25) is 0 Å². The number of benzene rings is 1. The van der Waals surface area contributed by atoms with Crippen molar-refractivity contribution in [2.24, 2.45) is 4.99 Å². The van der Waals surface area contributed by atoms with Gasteiger partial charge in [-0.05, 0) is 37.5 Å². The molecule has 0 saturated heterocycles. The summed E-state index contributed by atoms with van der Waals surface area (Å²) in [6, 6.07) is 1.88. The third-order valence-electron chi connectivity index (χ3n) is 2.26. The van der Waals surface area contributed by atoms with Gasteiger partial charge < -0.3 is 4.74 Å². The second-order valence-corrected chi connectivity index (χ2v) is 3.21. The van der Waals surface area contributed by atoms with Crippen LogP contribution in [0.4, 0.5) is 5.69 Å². The first kappa shape index (κ1) is 11.0. The second kappa shape index (κ2) is 4.41. The number of nitrogens with zero attached hydrogens (tertiary/aromatic N) is 2. The Bertz CT molecular complexity index is 480. The normalized spacial score (nSPS) is 8.93. The van der Waals surface area contributed by atoms with E-state index in [1.165, 1.54) is 6.08 Å². The summed E-state index contributed by atoms with van der Waals surface area (Å²) < 4.78 is 4.81. The summed E-state index contributed by atoms with van der Waals surface area (Å²) in [5.74, 6) is 0.332. The highest BCUT2D eigenvalue weighted by molar-refractivity contribution is 5.66. The van der Waals surface area contributed by atoms with Gasteiger partial charge in [-0.15, -0.1) is 5.26 Å². The molecule has 0 bridgehead atoms. The second-order valence-electron chi connectivity index (χ2n) is 3.21. The van der Waals surface area contributed by atoms with E-state index in [0.717, 1.165) is 16.7 Å². The lowest BCUT2D eigenvalue weighted by atomic mass is 10.0. The maximum absolute atomic E-state index is 10.2. The van der Waals surface area contributed by atoms with Gasteiger partial charge in [-0.2, -0.15) is 4.99 Å². The highest BCUT2D eigenvalue weighted by Crippen LogP contribution is 2.36. The van der Waals surface area contributed by atoms with Crippen molar-refractivity contribution in [2.75, 3.05) is 0 Å². The summed E-state index contributed by atoms with van der Waals surface area (Å²) in [4.78, 5) is 13.8. The van der Waals surface area contributed by atoms with Gasteiger partial charge in [0.2, 0.25) is 6.08 Å². The molecule has 4 heteroatoms. The van der Waals surface area contributed by atoms with Crippen LogP contribution in [-0.2, 0) is 4.79 Å². The fraction of sp³-hybridized carbons (Fsp3) is 0.273. The Labute approximate surface area is 87.8 Å². The van der Waals surface area contributed by atoms with Crippen LogP contribution in [-0.4, -0.2) is 6.08 Å². The molecule has 0 radical (unpaired) electrons. The molecule has 0 N–H and O–H groups in total. The van der Waals surface area contributed by atoms with Crippen LogP contribution in [0.15, 0.2) is 11.1 Å². The zero-order chi connectivity index (χ0) is 11.4. The molecule has 0 atom stereocenters. The van der Waals surface area contributed by atoms with Crippen molar-refractivity contribution in [3.05, 3.63) is 22.8 Å². The Morgan fingerprint density at radius 1 is 1.33 bits per heavy atom. The SMILES string of the molecule is Cc1cc(C)c(N=C=O)c(OC#N)c1C. The molecule has 1 aromatic rings. The molecule has 0 amide bonds. The molecule has 0 unspecified atom stereocenters. The molecule has 15 heavy (non-hydrogen) atoms. The zero-order valence-electron chi connectivity index (χ0n) is 8.79. The van der Waals surface area contributed by atoms with Crippen LogP contribution in [0, 0.1) is 32.3 Å². The highest BCUT2D eigenvalue weighted by Gasteiger charge is 2.12. The van der Waals surface area contributed by atoms with Crippen molar-refractivity contribution >= 4 is 11.8 Å². The van der Waals surface area contributed by atoms with Crippen LogP contribution in [0.3, 0.4) is 0 Å². The summed E-state index contributed by atoms with van der Waals surface area (Å²) in [5, 5.41) is 8.51. The van der Waals surface area contributed by atoms with E-state index in [2.05, 4.69) is 4.99 Å². The van der Waals surface area contributed by atoms with E-state index in [1.54, 1.807) is 13.2 Å². The van der Waals surface area contributed by atoms with Gasteiger partial charge in [-0.1, -0.05) is 6.07 Å². The number of nitriles is 1. The van der Waals surface area contributed by atoms with Crippen molar-refractivity contribution < 1.29 is 9.53 Å². The van der Waals surface area contributed by atoms with Crippen molar-refractivity contribution in [1.29, 1.82) is 5.26 Å². The quantitative estimate of drug-likeness (QED) is 0.420. The molecular formula is C11H10N2O2. The number of aliphatic imine (C=N–C) groups is 1. The van der Waals surface area contributed by atoms with E-state index < -0.39 is 0 Å². The third kappa shape index (κ3) is 2.04. The van der Waals surface area contributed by atoms with E-state index in [1.807, 2.05) is 19.9 Å². The molecular weight excluding hydrogens is 192 g/mol. The fourth-order valence-electron chi connectivity index (χ4n) is 1.39. The van der Waals surface area contributed by atoms with Gasteiger partial charge in [0.1, 0.15) is 5.69 Å². The van der Waals surface area contributed by atoms with Crippen molar-refractivity contribution in [3.63, 3.8) is 0 Å². The molecule has 0 aliphatic rings. The minimum Gasteiger partial charge on any atom is -0.385 e. The maximum Gasteiger partial charge on any atom is 0.292 e. The number of ether oxygens (including phenoxy) is 1. The molecule has 0 aliphatic heterocycles. The van der Waals surface area contributed by atoms with Crippen LogP contribution in [0.25, 0.3) is 0 Å². The molecule has 1 aromatic carbocycles. The fourth-order valence-corrected chi connectivity index (χ4v) is 1.39. The summed E-state index contributed by atoms with van der Waals surface area (Å²) in [5.41, 5.74) is 2.94. The van der Waals surface area contributed by atoms with Crippen molar-refractivity contribution in [2.45, 2.75) is 20.8 Å². The lowest BCUT2D eigenvalue weighted by Crippen LogP contribution is -1.92. The van der Waals surface area contributed by atoms with Gasteiger partial charge in [0.15, 0.2) is 5.75 Å². The first-order valence-corrected chi connectivity index (χ1v) is 4.36. The average Bonchev–Trinajstić information content (AvgIpc) is 2.20. The smallest absolute Gasteiger partial charge is 0.292 e. The summed E-state index contributed by atoms with van der Waals surface area (Å²) in [7, 11) is 0. The van der Waals surface area contributed by atoms with Crippen LogP contribution in [0.1, 0.15) is 16.7 Å². The largest absolute Gasteiger partial charge is 0.385 e. The number of hydrogen-bond donors (Lipinski definition) is 0. The maximum atomic E-state index is 10.2. The molecule has 1 rings (SSSR count). The lowest BCUT2D eigenvalue weighted by molar-refractivity contribution is 0.503. The standard InChI is InChI=1S/C11H10N2O2/c1-7-4-8(2)10(13-6-14)11(9(7)3)15-5-12/h4H,1-3H3. The first-order valence-electron chi connectivity index (χ1n) is 4.36. The van der Waals surface area contributed by atoms with E-state index in [9.17, 15) is 4.79 Å². The van der Waals surface area contributed by atoms with Crippen LogP contribution < -0.4 is 4.74 Å². The van der Waals surface area contributed by atoms with E-state index in [-0.39, 0.29) is 0 Å². The van der Waals surface area contributed by atoms with Gasteiger partial charge in [0.05, 0.1) is 0 Å². The monoisotopic (exact) mass is 202 g/mol. The first-order chi connectivity index (χ1) is 7.11. The molecule has 76 valence electrons. The van der Waals surface area contributed by atoms with E-state index in [4.69, 9.17) is 10.00 Å². The Kier molecular flexibility index (Phi) is 3.22. The van der Waals surface area contributed by atoms with E-state index >= 15 is 0 Å². The van der Waals surface area contributed by atoms with Gasteiger partial charge >= 0.3 is 0 Å². The number of isocyanates is 1. The molecule has 0 heterocycles. The zero-order valence-corrected chi connectivity index (χ0v) is 8.79. The number of rotatable bonds is 2. The van der Waals surface area contributed by atoms with Crippen LogP contribution >= 0.6 is 0 Å². The third-order valence-corrected chi connectivity index (χ3v) is 2.26. The molecule has 4 nitrogen and oxygen atoms in total. The Morgan fingerprint density at radius 2 is 2.00 bits per heavy atom. The van der Waals surface area contributed by atoms with Gasteiger partial charge in [-0.3, -0.25) is 0 Å². The molecule has 0 aliphatic carbocycles.